The number of pyridine rings is 1. The second-order valence-corrected chi connectivity index (χ2v) is 6.70. The Labute approximate surface area is 162 Å². The smallest absolute Gasteiger partial charge is 0.340 e. The highest BCUT2D eigenvalue weighted by atomic mass is 16.5. The predicted molar refractivity (Wildman–Crippen MR) is 102 cm³/mol. The molecule has 3 rings (SSSR count). The van der Waals surface area contributed by atoms with Crippen molar-refractivity contribution in [1.29, 1.82) is 0 Å². The maximum absolute atomic E-state index is 12.4. The number of rotatable bonds is 8. The quantitative estimate of drug-likeness (QED) is 0.531. The van der Waals surface area contributed by atoms with Gasteiger partial charge in [0.1, 0.15) is 5.82 Å². The van der Waals surface area contributed by atoms with Gasteiger partial charge in [0.15, 0.2) is 6.61 Å². The van der Waals surface area contributed by atoms with Crippen LogP contribution in [-0.2, 0) is 9.47 Å². The Morgan fingerprint density at radius 3 is 2.54 bits per heavy atom. The fraction of sp³-hybridized carbons (Fsp3) is 0.400. The summed E-state index contributed by atoms with van der Waals surface area (Å²) in [6.07, 6.45) is 3.67. The Bertz CT molecular complexity index is 897. The van der Waals surface area contributed by atoms with Crippen LogP contribution in [0.3, 0.4) is 0 Å². The van der Waals surface area contributed by atoms with Crippen LogP contribution < -0.4 is 5.32 Å². The van der Waals surface area contributed by atoms with E-state index < -0.39 is 24.3 Å². The van der Waals surface area contributed by atoms with Gasteiger partial charge in [0.2, 0.25) is 5.78 Å². The van der Waals surface area contributed by atoms with E-state index in [1.54, 1.807) is 32.9 Å². The van der Waals surface area contributed by atoms with Crippen molar-refractivity contribution < 1.29 is 23.9 Å². The summed E-state index contributed by atoms with van der Waals surface area (Å²) in [5, 5.41) is 3.23. The number of carbonyl (C=O) groups excluding carboxylic acids is 3. The molecule has 0 atom stereocenters. The minimum atomic E-state index is -0.634. The molecule has 8 nitrogen and oxygen atoms in total. The number of aromatic nitrogens is 2. The SMILES string of the molecule is CCOC(=O)c1c(C)[nH]c(C(=O)COC(=O)c2ccc(NC3CC3)nc2)c1C. The van der Waals surface area contributed by atoms with Crippen molar-refractivity contribution in [1.82, 2.24) is 9.97 Å². The maximum atomic E-state index is 12.4. The number of Topliss-reactive ketones (excluding diaryl/α,β-unsaturated/α-hetero) is 1. The monoisotopic (exact) mass is 385 g/mol. The normalized spacial score (nSPS) is 13.1. The molecule has 0 spiro atoms. The summed E-state index contributed by atoms with van der Waals surface area (Å²) in [7, 11) is 0. The van der Waals surface area contributed by atoms with E-state index in [-0.39, 0.29) is 17.9 Å². The molecule has 0 saturated heterocycles. The molecule has 8 heteroatoms. The van der Waals surface area contributed by atoms with E-state index in [1.165, 1.54) is 6.20 Å². The molecule has 1 fully saturated rings. The number of hydrogen-bond acceptors (Lipinski definition) is 7. The lowest BCUT2D eigenvalue weighted by atomic mass is 10.1. The Morgan fingerprint density at radius 1 is 1.18 bits per heavy atom. The van der Waals surface area contributed by atoms with E-state index in [9.17, 15) is 14.4 Å². The van der Waals surface area contributed by atoms with Crippen molar-refractivity contribution in [3.8, 4) is 0 Å². The van der Waals surface area contributed by atoms with Gasteiger partial charge in [-0.05, 0) is 51.3 Å². The van der Waals surface area contributed by atoms with E-state index in [0.29, 0.717) is 28.7 Å². The molecular formula is C20H23N3O5. The molecule has 2 aromatic heterocycles. The van der Waals surface area contributed by atoms with Crippen molar-refractivity contribution in [2.24, 2.45) is 0 Å². The molecule has 1 aliphatic rings. The average molecular weight is 385 g/mol. The summed E-state index contributed by atoms with van der Waals surface area (Å²) in [6, 6.07) is 3.78. The first kappa shape index (κ1) is 19.6. The van der Waals surface area contributed by atoms with Crippen LogP contribution in [0, 0.1) is 13.8 Å². The van der Waals surface area contributed by atoms with Crippen LogP contribution in [0.1, 0.15) is 62.2 Å². The topological polar surface area (TPSA) is 110 Å². The van der Waals surface area contributed by atoms with Crippen molar-refractivity contribution in [2.75, 3.05) is 18.5 Å². The van der Waals surface area contributed by atoms with Crippen LogP contribution in [0.2, 0.25) is 0 Å². The standard InChI is InChI=1S/C20H23N3O5/c1-4-27-20(26)17-11(2)18(22-12(17)3)15(24)10-28-19(25)13-5-8-16(21-9-13)23-14-6-7-14/h5,8-9,14,22H,4,6-7,10H2,1-3H3,(H,21,23). The number of nitrogens with zero attached hydrogens (tertiary/aromatic N) is 1. The average Bonchev–Trinajstić information content (AvgIpc) is 3.43. The van der Waals surface area contributed by atoms with E-state index in [2.05, 4.69) is 15.3 Å². The number of aromatic amines is 1. The molecule has 1 saturated carbocycles. The van der Waals surface area contributed by atoms with Gasteiger partial charge in [0.25, 0.3) is 0 Å². The number of esters is 2. The Morgan fingerprint density at radius 2 is 1.93 bits per heavy atom. The lowest BCUT2D eigenvalue weighted by molar-refractivity contribution is 0.0472. The molecule has 1 aliphatic carbocycles. The highest BCUT2D eigenvalue weighted by Crippen LogP contribution is 2.23. The van der Waals surface area contributed by atoms with Crippen LogP contribution >= 0.6 is 0 Å². The number of anilines is 1. The Kier molecular flexibility index (Phi) is 5.77. The number of hydrogen-bond donors (Lipinski definition) is 2. The van der Waals surface area contributed by atoms with E-state index in [0.717, 1.165) is 12.8 Å². The number of carbonyl (C=O) groups is 3. The van der Waals surface area contributed by atoms with Gasteiger partial charge >= 0.3 is 11.9 Å². The fourth-order valence-corrected chi connectivity index (χ4v) is 2.86. The van der Waals surface area contributed by atoms with Gasteiger partial charge in [-0.1, -0.05) is 0 Å². The molecule has 0 aliphatic heterocycles. The minimum Gasteiger partial charge on any atom is -0.462 e. The van der Waals surface area contributed by atoms with Gasteiger partial charge in [-0.3, -0.25) is 4.79 Å². The molecule has 0 radical (unpaired) electrons. The molecule has 148 valence electrons. The van der Waals surface area contributed by atoms with Crippen LogP contribution in [-0.4, -0.2) is 46.9 Å². The van der Waals surface area contributed by atoms with Crippen molar-refractivity contribution >= 4 is 23.5 Å². The molecular weight excluding hydrogens is 362 g/mol. The van der Waals surface area contributed by atoms with Gasteiger partial charge in [0.05, 0.1) is 23.4 Å². The number of ketones is 1. The van der Waals surface area contributed by atoms with Gasteiger partial charge in [-0.15, -0.1) is 0 Å². The number of nitrogens with one attached hydrogen (secondary N) is 2. The highest BCUT2D eigenvalue weighted by Gasteiger charge is 2.24. The summed E-state index contributed by atoms with van der Waals surface area (Å²) in [4.78, 5) is 43.7. The molecule has 0 bridgehead atoms. The Hall–Kier alpha value is -3.16. The number of ether oxygens (including phenoxy) is 2. The Balaban J connectivity index is 1.61. The first-order valence-corrected chi connectivity index (χ1v) is 9.19. The van der Waals surface area contributed by atoms with Crippen LogP contribution in [0.25, 0.3) is 0 Å². The number of aryl methyl sites for hydroxylation is 1. The molecule has 2 aromatic rings. The molecule has 2 N–H and O–H groups in total. The third kappa shape index (κ3) is 4.39. The lowest BCUT2D eigenvalue weighted by Crippen LogP contribution is -2.16. The van der Waals surface area contributed by atoms with Crippen LogP contribution in [0.15, 0.2) is 18.3 Å². The molecule has 28 heavy (non-hydrogen) atoms. The van der Waals surface area contributed by atoms with Crippen molar-refractivity contribution in [2.45, 2.75) is 39.7 Å². The van der Waals surface area contributed by atoms with Crippen LogP contribution in [0.5, 0.6) is 0 Å². The summed E-state index contributed by atoms with van der Waals surface area (Å²) >= 11 is 0. The van der Waals surface area contributed by atoms with E-state index >= 15 is 0 Å². The third-order valence-electron chi connectivity index (χ3n) is 4.46. The molecule has 0 amide bonds. The highest BCUT2D eigenvalue weighted by molar-refractivity contribution is 6.03. The summed E-state index contributed by atoms with van der Waals surface area (Å²) in [6.45, 7) is 4.85. The maximum Gasteiger partial charge on any atom is 0.340 e. The zero-order chi connectivity index (χ0) is 20.3. The molecule has 2 heterocycles. The van der Waals surface area contributed by atoms with Gasteiger partial charge < -0.3 is 19.8 Å². The van der Waals surface area contributed by atoms with E-state index in [4.69, 9.17) is 9.47 Å². The minimum absolute atomic E-state index is 0.232. The summed E-state index contributed by atoms with van der Waals surface area (Å²) in [5.41, 5.74) is 1.85. The number of H-pyrrole nitrogens is 1. The first-order valence-electron chi connectivity index (χ1n) is 9.19. The zero-order valence-electron chi connectivity index (χ0n) is 16.1. The van der Waals surface area contributed by atoms with Crippen molar-refractivity contribution in [3.63, 3.8) is 0 Å². The summed E-state index contributed by atoms with van der Waals surface area (Å²) in [5.74, 6) is -0.843. The zero-order valence-corrected chi connectivity index (χ0v) is 16.1. The van der Waals surface area contributed by atoms with Crippen LogP contribution in [0.4, 0.5) is 5.82 Å². The van der Waals surface area contributed by atoms with E-state index in [1.807, 2.05) is 0 Å². The first-order chi connectivity index (χ1) is 13.4. The largest absolute Gasteiger partial charge is 0.462 e. The fourth-order valence-electron chi connectivity index (χ4n) is 2.86. The third-order valence-corrected chi connectivity index (χ3v) is 4.46. The molecule has 0 aromatic carbocycles. The lowest BCUT2D eigenvalue weighted by Gasteiger charge is -2.06. The second kappa shape index (κ2) is 8.24. The molecule has 0 unspecified atom stereocenters. The van der Waals surface area contributed by atoms with Gasteiger partial charge in [-0.25, -0.2) is 14.6 Å². The summed E-state index contributed by atoms with van der Waals surface area (Å²) < 4.78 is 10.1. The van der Waals surface area contributed by atoms with Gasteiger partial charge in [0, 0.05) is 17.9 Å². The second-order valence-electron chi connectivity index (χ2n) is 6.70. The predicted octanol–water partition coefficient (Wildman–Crippen LogP) is 2.82. The van der Waals surface area contributed by atoms with Gasteiger partial charge in [-0.2, -0.15) is 0 Å². The van der Waals surface area contributed by atoms with Crippen molar-refractivity contribution in [3.05, 3.63) is 46.4 Å².